The first-order chi connectivity index (χ1) is 19.0. The van der Waals surface area contributed by atoms with Gasteiger partial charge in [0.15, 0.2) is 5.78 Å². The highest BCUT2D eigenvalue weighted by atomic mass is 35.5. The highest BCUT2D eigenvalue weighted by molar-refractivity contribution is 6.31. The number of ether oxygens (including phenoxy) is 2. The van der Waals surface area contributed by atoms with Gasteiger partial charge in [0.25, 0.3) is 0 Å². The predicted molar refractivity (Wildman–Crippen MR) is 156 cm³/mol. The summed E-state index contributed by atoms with van der Waals surface area (Å²) < 4.78 is 10.8. The fourth-order valence-electron chi connectivity index (χ4n) is 5.54. The number of benzene rings is 2. The fourth-order valence-corrected chi connectivity index (χ4v) is 5.80. The van der Waals surface area contributed by atoms with Gasteiger partial charge in [-0.2, -0.15) is 0 Å². The van der Waals surface area contributed by atoms with Gasteiger partial charge in [0, 0.05) is 22.9 Å². The summed E-state index contributed by atoms with van der Waals surface area (Å²) >= 11 is 6.80. The van der Waals surface area contributed by atoms with E-state index in [1.165, 1.54) is 0 Å². The minimum Gasteiger partial charge on any atom is -0.497 e. The molecule has 2 aromatic carbocycles. The first-order valence-corrected chi connectivity index (χ1v) is 13.6. The van der Waals surface area contributed by atoms with Gasteiger partial charge in [-0.05, 0) is 68.1 Å². The number of rotatable bonds is 6. The van der Waals surface area contributed by atoms with Crippen LogP contribution in [0.2, 0.25) is 5.15 Å². The Hall–Kier alpha value is -4.04. The van der Waals surface area contributed by atoms with Crippen LogP contribution in [0.4, 0.5) is 5.69 Å². The number of hydrogen-bond donors (Lipinski definition) is 2. The molecule has 0 amide bonds. The molecule has 1 aliphatic carbocycles. The SMILES string of the molecule is CCOC(=O)C1=C(N)N(Nc2ccc(OC)cc2)C2=C(C(=O)CC(C)(C)C2)C1c1cc2cc(C)ccc2nc1Cl. The number of methoxy groups -OCH3 is 1. The Labute approximate surface area is 238 Å². The number of esters is 1. The number of carbonyl (C=O) groups excluding carboxylic acids is 2. The molecular weight excluding hydrogens is 528 g/mol. The number of hydrazine groups is 1. The number of carbonyl (C=O) groups is 2. The van der Waals surface area contributed by atoms with Crippen molar-refractivity contribution in [2.45, 2.75) is 46.5 Å². The van der Waals surface area contributed by atoms with E-state index in [0.717, 1.165) is 16.5 Å². The second-order valence-electron chi connectivity index (χ2n) is 11.0. The van der Waals surface area contributed by atoms with Gasteiger partial charge in [-0.3, -0.25) is 10.2 Å². The van der Waals surface area contributed by atoms with Crippen LogP contribution in [-0.4, -0.2) is 35.5 Å². The third-order valence-corrected chi connectivity index (χ3v) is 7.65. The topological polar surface area (TPSA) is 107 Å². The van der Waals surface area contributed by atoms with Gasteiger partial charge in [0.05, 0.1) is 42.1 Å². The zero-order valence-corrected chi connectivity index (χ0v) is 24.1. The van der Waals surface area contributed by atoms with Gasteiger partial charge in [0.2, 0.25) is 0 Å². The second-order valence-corrected chi connectivity index (χ2v) is 11.4. The summed E-state index contributed by atoms with van der Waals surface area (Å²) in [6, 6.07) is 15.1. The number of anilines is 1. The van der Waals surface area contributed by atoms with E-state index in [-0.39, 0.29) is 34.4 Å². The Morgan fingerprint density at radius 2 is 1.90 bits per heavy atom. The number of ketones is 1. The third-order valence-electron chi connectivity index (χ3n) is 7.35. The largest absolute Gasteiger partial charge is 0.497 e. The van der Waals surface area contributed by atoms with Gasteiger partial charge in [-0.25, -0.2) is 14.8 Å². The van der Waals surface area contributed by atoms with Crippen LogP contribution in [0.5, 0.6) is 5.75 Å². The number of halogens is 1. The second kappa shape index (κ2) is 10.5. The summed E-state index contributed by atoms with van der Waals surface area (Å²) in [7, 11) is 1.60. The molecule has 208 valence electrons. The maximum absolute atomic E-state index is 14.0. The molecule has 3 aromatic rings. The van der Waals surface area contributed by atoms with Crippen LogP contribution in [0.15, 0.2) is 71.2 Å². The molecule has 1 atom stereocenters. The Balaban J connectivity index is 1.75. The zero-order valence-electron chi connectivity index (χ0n) is 23.3. The van der Waals surface area contributed by atoms with Crippen molar-refractivity contribution >= 4 is 39.9 Å². The summed E-state index contributed by atoms with van der Waals surface area (Å²) in [6.45, 7) is 7.95. The molecule has 40 heavy (non-hydrogen) atoms. The minimum atomic E-state index is -0.837. The van der Waals surface area contributed by atoms with E-state index in [0.29, 0.717) is 41.1 Å². The van der Waals surface area contributed by atoms with Crippen molar-refractivity contribution < 1.29 is 19.1 Å². The molecule has 0 saturated heterocycles. The van der Waals surface area contributed by atoms with Gasteiger partial charge in [-0.15, -0.1) is 0 Å². The summed E-state index contributed by atoms with van der Waals surface area (Å²) in [5, 5.41) is 2.70. The smallest absolute Gasteiger partial charge is 0.338 e. The molecular formula is C31H33ClN4O4. The van der Waals surface area contributed by atoms with Gasteiger partial charge in [0.1, 0.15) is 16.7 Å². The lowest BCUT2D eigenvalue weighted by molar-refractivity contribution is -0.139. The van der Waals surface area contributed by atoms with E-state index in [1.807, 2.05) is 69.3 Å². The molecule has 0 radical (unpaired) electrons. The van der Waals surface area contributed by atoms with Gasteiger partial charge < -0.3 is 15.2 Å². The molecule has 0 fully saturated rings. The maximum Gasteiger partial charge on any atom is 0.338 e. The van der Waals surface area contributed by atoms with Crippen molar-refractivity contribution in [3.05, 3.63) is 87.5 Å². The van der Waals surface area contributed by atoms with Crippen molar-refractivity contribution in [2.24, 2.45) is 11.1 Å². The predicted octanol–water partition coefficient (Wildman–Crippen LogP) is 6.01. The molecule has 0 bridgehead atoms. The minimum absolute atomic E-state index is 0.0764. The number of hydrogen-bond acceptors (Lipinski definition) is 8. The van der Waals surface area contributed by atoms with Gasteiger partial charge in [-0.1, -0.05) is 37.1 Å². The molecule has 5 rings (SSSR count). The Bertz CT molecular complexity index is 1580. The van der Waals surface area contributed by atoms with E-state index in [1.54, 1.807) is 19.0 Å². The van der Waals surface area contributed by atoms with E-state index in [4.69, 9.17) is 26.8 Å². The summed E-state index contributed by atoms with van der Waals surface area (Å²) in [5.74, 6) is -0.688. The van der Waals surface area contributed by atoms with Crippen molar-refractivity contribution in [3.8, 4) is 5.75 Å². The first-order valence-electron chi connectivity index (χ1n) is 13.2. The standard InChI is InChI=1S/C31H33ClN4O4/c1-6-40-30(38)27-25(21-14-18-13-17(2)7-12-22(18)34-28(21)32)26-23(15-31(3,4)16-24(26)37)36(29(27)33)35-19-8-10-20(39-5)11-9-19/h7-14,25,35H,6,15-16,33H2,1-5H3. The van der Waals surface area contributed by atoms with Crippen LogP contribution in [-0.2, 0) is 14.3 Å². The van der Waals surface area contributed by atoms with Crippen LogP contribution in [0.3, 0.4) is 0 Å². The first kappa shape index (κ1) is 27.5. The molecule has 3 N–H and O–H groups in total. The van der Waals surface area contributed by atoms with Crippen LogP contribution in [0.25, 0.3) is 10.9 Å². The molecule has 2 heterocycles. The van der Waals surface area contributed by atoms with E-state index >= 15 is 0 Å². The average Bonchev–Trinajstić information content (AvgIpc) is 2.89. The van der Waals surface area contributed by atoms with Crippen LogP contribution in [0, 0.1) is 12.3 Å². The quantitative estimate of drug-likeness (QED) is 0.279. The molecule has 0 spiro atoms. The number of nitrogens with two attached hydrogens (primary N) is 1. The monoisotopic (exact) mass is 560 g/mol. The van der Waals surface area contributed by atoms with Crippen molar-refractivity contribution in [1.29, 1.82) is 0 Å². The van der Waals surface area contributed by atoms with E-state index < -0.39 is 11.9 Å². The van der Waals surface area contributed by atoms with Crippen LogP contribution >= 0.6 is 11.6 Å². The highest BCUT2D eigenvalue weighted by Gasteiger charge is 2.47. The van der Waals surface area contributed by atoms with E-state index in [2.05, 4.69) is 10.4 Å². The number of pyridine rings is 1. The molecule has 0 saturated carbocycles. The molecule has 1 aromatic heterocycles. The summed E-state index contributed by atoms with van der Waals surface area (Å²) in [6.07, 6.45) is 0.856. The lowest BCUT2D eigenvalue weighted by atomic mass is 9.69. The third kappa shape index (κ3) is 4.99. The molecule has 2 aliphatic rings. The van der Waals surface area contributed by atoms with Crippen molar-refractivity contribution in [1.82, 2.24) is 9.99 Å². The number of aromatic nitrogens is 1. The normalized spacial score (nSPS) is 18.6. The lowest BCUT2D eigenvalue weighted by Gasteiger charge is -2.44. The van der Waals surface area contributed by atoms with Crippen molar-refractivity contribution in [3.63, 3.8) is 0 Å². The van der Waals surface area contributed by atoms with E-state index in [9.17, 15) is 9.59 Å². The number of nitrogens with zero attached hydrogens (tertiary/aromatic N) is 2. The lowest BCUT2D eigenvalue weighted by Crippen LogP contribution is -2.45. The van der Waals surface area contributed by atoms with Crippen LogP contribution < -0.4 is 15.9 Å². The van der Waals surface area contributed by atoms with Crippen molar-refractivity contribution in [2.75, 3.05) is 19.1 Å². The zero-order chi connectivity index (χ0) is 28.8. The Morgan fingerprint density at radius 1 is 1.18 bits per heavy atom. The fraction of sp³-hybridized carbons (Fsp3) is 0.323. The number of aryl methyl sites for hydroxylation is 1. The molecule has 1 unspecified atom stereocenters. The Kier molecular flexibility index (Phi) is 7.23. The van der Waals surface area contributed by atoms with Crippen LogP contribution in [0.1, 0.15) is 50.7 Å². The number of Topliss-reactive ketones (excluding diaryl/α,β-unsaturated/α-hetero) is 1. The number of fused-ring (bicyclic) bond motifs is 1. The molecule has 9 heteroatoms. The average molecular weight is 561 g/mol. The maximum atomic E-state index is 14.0. The van der Waals surface area contributed by atoms with Gasteiger partial charge >= 0.3 is 5.97 Å². The Morgan fingerprint density at radius 3 is 2.58 bits per heavy atom. The number of nitrogens with one attached hydrogen (secondary N) is 1. The molecule has 8 nitrogen and oxygen atoms in total. The summed E-state index contributed by atoms with van der Waals surface area (Å²) in [4.78, 5) is 32.2. The number of allylic oxidation sites excluding steroid dienone is 2. The summed E-state index contributed by atoms with van der Waals surface area (Å²) in [5.41, 5.74) is 14.1. The highest BCUT2D eigenvalue weighted by Crippen LogP contribution is 2.50. The molecule has 1 aliphatic heterocycles.